The van der Waals surface area contributed by atoms with E-state index in [4.69, 9.17) is 11.5 Å². The zero-order valence-electron chi connectivity index (χ0n) is 28.4. The van der Waals surface area contributed by atoms with Crippen molar-refractivity contribution in [1.29, 1.82) is 0 Å². The zero-order chi connectivity index (χ0) is 33.6. The molecule has 0 radical (unpaired) electrons. The molecule has 256 valence electrons. The van der Waals surface area contributed by atoms with Crippen LogP contribution in [0.3, 0.4) is 0 Å². The van der Waals surface area contributed by atoms with Crippen LogP contribution in [0.2, 0.25) is 0 Å². The number of anilines is 3. The van der Waals surface area contributed by atoms with Crippen LogP contribution in [0.5, 0.6) is 0 Å². The minimum absolute atomic E-state index is 0.0776. The summed E-state index contributed by atoms with van der Waals surface area (Å²) in [5, 5.41) is 5.46. The molecule has 1 fully saturated rings. The molecule has 7 N–H and O–H groups in total. The fraction of sp³-hybridized carbons (Fsp3) is 0.514. The average molecular weight is 647 g/mol. The van der Waals surface area contributed by atoms with Gasteiger partial charge in [-0.25, -0.2) is 9.78 Å². The van der Waals surface area contributed by atoms with Gasteiger partial charge in [-0.1, -0.05) is 31.2 Å². The summed E-state index contributed by atoms with van der Waals surface area (Å²) in [6, 6.07) is 15.9. The molecule has 0 saturated carbocycles. The summed E-state index contributed by atoms with van der Waals surface area (Å²) in [5.41, 5.74) is 15.2. The monoisotopic (exact) mass is 646 g/mol. The number of urea groups is 1. The lowest BCUT2D eigenvalue weighted by Crippen LogP contribution is -2.50. The molecule has 3 aromatic rings. The Morgan fingerprint density at radius 2 is 1.60 bits per heavy atom. The van der Waals surface area contributed by atoms with Crippen molar-refractivity contribution < 1.29 is 4.79 Å². The Balaban J connectivity index is 1.27. The second-order valence-electron chi connectivity index (χ2n) is 12.5. The molecule has 1 aliphatic rings. The molecule has 0 aliphatic carbocycles. The van der Waals surface area contributed by atoms with Gasteiger partial charge in [0.05, 0.1) is 5.56 Å². The normalized spacial score (nSPS) is 14.5. The number of aromatic amines is 1. The molecule has 1 saturated heterocycles. The van der Waals surface area contributed by atoms with Crippen LogP contribution >= 0.6 is 0 Å². The maximum absolute atomic E-state index is 12.9. The number of H-pyrrole nitrogens is 1. The SMILES string of the molecule is CCC(CCN(C)C)N1CCN(c2ccc(NC(=O)Nc3ncc(-c4ccc(CN(CCCN)CCCN)cc4)c(=O)[nH]3)cc2)CC1. The number of hydrogen-bond acceptors (Lipinski definition) is 9. The molecule has 2 amide bonds. The lowest BCUT2D eigenvalue weighted by molar-refractivity contribution is 0.161. The highest BCUT2D eigenvalue weighted by molar-refractivity contribution is 5.98. The van der Waals surface area contributed by atoms with E-state index in [2.05, 4.69) is 61.2 Å². The predicted octanol–water partition coefficient (Wildman–Crippen LogP) is 3.43. The van der Waals surface area contributed by atoms with Crippen molar-refractivity contribution in [2.45, 2.75) is 45.2 Å². The summed E-state index contributed by atoms with van der Waals surface area (Å²) in [6.45, 7) is 11.4. The van der Waals surface area contributed by atoms with Gasteiger partial charge in [0.2, 0.25) is 5.95 Å². The van der Waals surface area contributed by atoms with Crippen molar-refractivity contribution in [3.8, 4) is 11.1 Å². The summed E-state index contributed by atoms with van der Waals surface area (Å²) in [7, 11) is 4.27. The number of carbonyl (C=O) groups excluding carboxylic acids is 1. The number of rotatable bonds is 17. The van der Waals surface area contributed by atoms with Crippen LogP contribution in [-0.4, -0.2) is 110 Å². The first kappa shape index (κ1) is 36.0. The van der Waals surface area contributed by atoms with Crippen LogP contribution < -0.4 is 32.6 Å². The maximum atomic E-state index is 12.9. The minimum Gasteiger partial charge on any atom is -0.369 e. The maximum Gasteiger partial charge on any atom is 0.326 e. The van der Waals surface area contributed by atoms with E-state index < -0.39 is 6.03 Å². The van der Waals surface area contributed by atoms with E-state index in [-0.39, 0.29) is 11.5 Å². The van der Waals surface area contributed by atoms with E-state index >= 15 is 0 Å². The highest BCUT2D eigenvalue weighted by Gasteiger charge is 2.23. The Labute approximate surface area is 279 Å². The number of amides is 2. The number of carbonyl (C=O) groups is 1. The van der Waals surface area contributed by atoms with E-state index in [9.17, 15) is 9.59 Å². The van der Waals surface area contributed by atoms with Crippen LogP contribution in [-0.2, 0) is 6.54 Å². The van der Waals surface area contributed by atoms with Gasteiger partial charge in [-0.3, -0.25) is 24.9 Å². The molecule has 12 heteroatoms. The smallest absolute Gasteiger partial charge is 0.326 e. The highest BCUT2D eigenvalue weighted by atomic mass is 16.2. The quantitative estimate of drug-likeness (QED) is 0.149. The fourth-order valence-electron chi connectivity index (χ4n) is 6.03. The molecule has 2 heterocycles. The number of aromatic nitrogens is 2. The second kappa shape index (κ2) is 18.5. The standard InChI is InChI=1S/C35H54N10O2/c1-4-30(15-20-42(2)3)44-21-23-45(24-22-44)31-13-11-29(12-14-31)39-35(47)41-34-38-25-32(33(46)40-34)28-9-7-27(8-10-28)26-43(18-5-16-36)19-6-17-37/h7-14,25,30H,4-6,15-24,26,36-37H2,1-3H3,(H3,38,39,40,41,46,47). The van der Waals surface area contributed by atoms with Crippen LogP contribution in [0.25, 0.3) is 11.1 Å². The molecular formula is C35H54N10O2. The number of nitrogens with one attached hydrogen (secondary N) is 3. The van der Waals surface area contributed by atoms with E-state index in [1.165, 1.54) is 19.0 Å². The van der Waals surface area contributed by atoms with Gasteiger partial charge >= 0.3 is 6.03 Å². The molecule has 0 spiro atoms. The Kier molecular flexibility index (Phi) is 14.2. The summed E-state index contributed by atoms with van der Waals surface area (Å²) >= 11 is 0. The fourth-order valence-corrected chi connectivity index (χ4v) is 6.03. The number of piperazine rings is 1. The number of nitrogens with two attached hydrogens (primary N) is 2. The van der Waals surface area contributed by atoms with Gasteiger partial charge in [0.25, 0.3) is 5.56 Å². The zero-order valence-corrected chi connectivity index (χ0v) is 28.4. The molecule has 2 aromatic carbocycles. The molecule has 0 bridgehead atoms. The van der Waals surface area contributed by atoms with Crippen LogP contribution in [0.4, 0.5) is 22.1 Å². The Morgan fingerprint density at radius 1 is 0.936 bits per heavy atom. The van der Waals surface area contributed by atoms with E-state index in [0.717, 1.165) is 82.0 Å². The van der Waals surface area contributed by atoms with Crippen molar-refractivity contribution in [3.05, 3.63) is 70.6 Å². The van der Waals surface area contributed by atoms with Gasteiger partial charge in [-0.05, 0) is 108 Å². The first-order valence-electron chi connectivity index (χ1n) is 16.9. The van der Waals surface area contributed by atoms with Crippen molar-refractivity contribution in [3.63, 3.8) is 0 Å². The van der Waals surface area contributed by atoms with Crippen LogP contribution in [0.1, 0.15) is 38.2 Å². The molecule has 1 aromatic heterocycles. The molecule has 4 rings (SSSR count). The van der Waals surface area contributed by atoms with E-state index in [0.29, 0.717) is 30.4 Å². The molecule has 47 heavy (non-hydrogen) atoms. The third kappa shape index (κ3) is 11.1. The van der Waals surface area contributed by atoms with Gasteiger partial charge in [-0.2, -0.15) is 0 Å². The first-order chi connectivity index (χ1) is 22.8. The Morgan fingerprint density at radius 3 is 2.17 bits per heavy atom. The topological polar surface area (TPSA) is 152 Å². The molecule has 12 nitrogen and oxygen atoms in total. The molecule has 1 aliphatic heterocycles. The van der Waals surface area contributed by atoms with Gasteiger partial charge in [0.1, 0.15) is 0 Å². The highest BCUT2D eigenvalue weighted by Crippen LogP contribution is 2.22. The Bertz CT molecular complexity index is 1410. The first-order valence-corrected chi connectivity index (χ1v) is 16.9. The summed E-state index contributed by atoms with van der Waals surface area (Å²) in [5.74, 6) is 0.0776. The number of nitrogens with zero attached hydrogens (tertiary/aromatic N) is 5. The lowest BCUT2D eigenvalue weighted by atomic mass is 10.1. The van der Waals surface area contributed by atoms with Gasteiger partial charge in [-0.15, -0.1) is 0 Å². The van der Waals surface area contributed by atoms with Crippen LogP contribution in [0.15, 0.2) is 59.5 Å². The van der Waals surface area contributed by atoms with E-state index in [1.54, 1.807) is 0 Å². The molecule has 1 atom stereocenters. The van der Waals surface area contributed by atoms with Crippen molar-refractivity contribution in [2.24, 2.45) is 11.5 Å². The summed E-state index contributed by atoms with van der Waals surface area (Å²) < 4.78 is 0. The van der Waals surface area contributed by atoms with E-state index in [1.807, 2.05) is 48.5 Å². The largest absolute Gasteiger partial charge is 0.369 e. The summed E-state index contributed by atoms with van der Waals surface area (Å²) in [4.78, 5) is 42.2. The average Bonchev–Trinajstić information content (AvgIpc) is 3.07. The van der Waals surface area contributed by atoms with Crippen molar-refractivity contribution >= 4 is 23.4 Å². The van der Waals surface area contributed by atoms with Gasteiger partial charge in [0, 0.05) is 56.3 Å². The van der Waals surface area contributed by atoms with Crippen molar-refractivity contribution in [2.75, 3.05) is 88.5 Å². The van der Waals surface area contributed by atoms with Crippen molar-refractivity contribution in [1.82, 2.24) is 24.7 Å². The number of benzene rings is 2. The second-order valence-corrected chi connectivity index (χ2v) is 12.5. The third-order valence-electron chi connectivity index (χ3n) is 8.76. The predicted molar refractivity (Wildman–Crippen MR) is 193 cm³/mol. The van der Waals surface area contributed by atoms with Crippen LogP contribution in [0, 0.1) is 0 Å². The minimum atomic E-state index is -0.483. The Hall–Kier alpha value is -3.81. The summed E-state index contributed by atoms with van der Waals surface area (Å²) in [6.07, 6.45) is 5.72. The molecular weight excluding hydrogens is 592 g/mol. The van der Waals surface area contributed by atoms with Gasteiger partial charge < -0.3 is 26.6 Å². The van der Waals surface area contributed by atoms with Gasteiger partial charge in [0.15, 0.2) is 0 Å². The lowest BCUT2D eigenvalue weighted by Gasteiger charge is -2.40. The number of hydrogen-bond donors (Lipinski definition) is 5. The molecule has 1 unspecified atom stereocenters. The third-order valence-corrected chi connectivity index (χ3v) is 8.76.